The molecule has 0 saturated carbocycles. The molecule has 2 aromatic rings. The monoisotopic (exact) mass is 281 g/mol. The van der Waals surface area contributed by atoms with Crippen LogP contribution in [0.4, 0.5) is 0 Å². The second kappa shape index (κ2) is 7.81. The normalized spacial score (nSPS) is 10.0. The van der Waals surface area contributed by atoms with Crippen LogP contribution in [0.15, 0.2) is 36.5 Å². The zero-order valence-electron chi connectivity index (χ0n) is 11.3. The van der Waals surface area contributed by atoms with Gasteiger partial charge in [0.1, 0.15) is 5.75 Å². The summed E-state index contributed by atoms with van der Waals surface area (Å²) in [4.78, 5) is 0. The summed E-state index contributed by atoms with van der Waals surface area (Å²) in [6.45, 7) is 4.36. The van der Waals surface area contributed by atoms with Crippen molar-refractivity contribution >= 4 is 12.4 Å². The van der Waals surface area contributed by atoms with Crippen molar-refractivity contribution in [1.82, 2.24) is 15.1 Å². The SMILES string of the molecule is CCOc1ccc(CNCc2ccnn2C)cc1.Cl. The minimum absolute atomic E-state index is 0. The molecule has 0 radical (unpaired) electrons. The lowest BCUT2D eigenvalue weighted by Crippen LogP contribution is -2.15. The maximum absolute atomic E-state index is 5.41. The first-order valence-corrected chi connectivity index (χ1v) is 6.19. The number of aryl methyl sites for hydroxylation is 1. The van der Waals surface area contributed by atoms with Crippen LogP contribution in [0.25, 0.3) is 0 Å². The number of nitrogens with zero attached hydrogens (tertiary/aromatic N) is 2. The van der Waals surface area contributed by atoms with Crippen LogP contribution >= 0.6 is 12.4 Å². The third kappa shape index (κ3) is 4.58. The predicted molar refractivity (Wildman–Crippen MR) is 78.6 cm³/mol. The van der Waals surface area contributed by atoms with E-state index >= 15 is 0 Å². The van der Waals surface area contributed by atoms with Gasteiger partial charge in [-0.05, 0) is 30.7 Å². The molecule has 0 bridgehead atoms. The van der Waals surface area contributed by atoms with E-state index in [0.29, 0.717) is 6.61 Å². The first-order chi connectivity index (χ1) is 8.79. The zero-order valence-corrected chi connectivity index (χ0v) is 12.1. The zero-order chi connectivity index (χ0) is 12.8. The van der Waals surface area contributed by atoms with Crippen molar-refractivity contribution in [2.75, 3.05) is 6.61 Å². The van der Waals surface area contributed by atoms with E-state index in [0.717, 1.165) is 18.8 Å². The molecule has 19 heavy (non-hydrogen) atoms. The molecule has 1 aromatic heterocycles. The van der Waals surface area contributed by atoms with E-state index in [1.54, 1.807) is 0 Å². The fraction of sp³-hybridized carbons (Fsp3) is 0.357. The molecule has 0 unspecified atom stereocenters. The second-order valence-electron chi connectivity index (χ2n) is 4.13. The second-order valence-corrected chi connectivity index (χ2v) is 4.13. The van der Waals surface area contributed by atoms with Crippen LogP contribution in [0.5, 0.6) is 5.75 Å². The molecule has 0 atom stereocenters. The maximum atomic E-state index is 5.41. The molecule has 1 aromatic carbocycles. The highest BCUT2D eigenvalue weighted by Gasteiger charge is 1.98. The topological polar surface area (TPSA) is 39.1 Å². The summed E-state index contributed by atoms with van der Waals surface area (Å²) >= 11 is 0. The molecule has 0 aliphatic heterocycles. The van der Waals surface area contributed by atoms with Gasteiger partial charge in [0, 0.05) is 26.3 Å². The lowest BCUT2D eigenvalue weighted by molar-refractivity contribution is 0.340. The Morgan fingerprint density at radius 3 is 2.47 bits per heavy atom. The molecule has 0 spiro atoms. The summed E-state index contributed by atoms with van der Waals surface area (Å²) in [6, 6.07) is 10.2. The number of hydrogen-bond donors (Lipinski definition) is 1. The van der Waals surface area contributed by atoms with Gasteiger partial charge in [-0.2, -0.15) is 5.10 Å². The van der Waals surface area contributed by atoms with Crippen LogP contribution in [0.2, 0.25) is 0 Å². The average molecular weight is 282 g/mol. The van der Waals surface area contributed by atoms with Crippen LogP contribution < -0.4 is 10.1 Å². The largest absolute Gasteiger partial charge is 0.494 e. The molecule has 1 N–H and O–H groups in total. The Labute approximate surface area is 120 Å². The number of ether oxygens (including phenoxy) is 1. The number of aromatic nitrogens is 2. The lowest BCUT2D eigenvalue weighted by Gasteiger charge is -2.07. The molecule has 1 heterocycles. The van der Waals surface area contributed by atoms with Crippen LogP contribution in [-0.4, -0.2) is 16.4 Å². The van der Waals surface area contributed by atoms with Gasteiger partial charge < -0.3 is 10.1 Å². The highest BCUT2D eigenvalue weighted by atomic mass is 35.5. The van der Waals surface area contributed by atoms with Crippen molar-refractivity contribution in [3.63, 3.8) is 0 Å². The van der Waals surface area contributed by atoms with Gasteiger partial charge in [-0.1, -0.05) is 12.1 Å². The third-order valence-electron chi connectivity index (χ3n) is 2.79. The molecule has 5 heteroatoms. The summed E-state index contributed by atoms with van der Waals surface area (Å²) in [5.41, 5.74) is 2.43. The third-order valence-corrected chi connectivity index (χ3v) is 2.79. The molecule has 0 aliphatic carbocycles. The van der Waals surface area contributed by atoms with Crippen molar-refractivity contribution < 1.29 is 4.74 Å². The Morgan fingerprint density at radius 2 is 1.89 bits per heavy atom. The van der Waals surface area contributed by atoms with E-state index in [1.807, 2.05) is 43.0 Å². The van der Waals surface area contributed by atoms with Gasteiger partial charge in [-0.25, -0.2) is 0 Å². The van der Waals surface area contributed by atoms with Crippen molar-refractivity contribution in [3.05, 3.63) is 47.8 Å². The molecule has 104 valence electrons. The fourth-order valence-electron chi connectivity index (χ4n) is 1.78. The van der Waals surface area contributed by atoms with Crippen LogP contribution in [0.3, 0.4) is 0 Å². The molecule has 0 fully saturated rings. The van der Waals surface area contributed by atoms with Crippen LogP contribution in [0.1, 0.15) is 18.2 Å². The van der Waals surface area contributed by atoms with E-state index < -0.39 is 0 Å². The summed E-state index contributed by atoms with van der Waals surface area (Å²) in [7, 11) is 1.95. The maximum Gasteiger partial charge on any atom is 0.119 e. The van der Waals surface area contributed by atoms with Crippen molar-refractivity contribution in [1.29, 1.82) is 0 Å². The summed E-state index contributed by atoms with van der Waals surface area (Å²) < 4.78 is 7.29. The Kier molecular flexibility index (Phi) is 6.39. The van der Waals surface area contributed by atoms with Crippen LogP contribution in [-0.2, 0) is 20.1 Å². The van der Waals surface area contributed by atoms with Gasteiger partial charge >= 0.3 is 0 Å². The number of halogens is 1. The van der Waals surface area contributed by atoms with E-state index in [2.05, 4.69) is 22.5 Å². The van der Waals surface area contributed by atoms with Gasteiger partial charge in [0.25, 0.3) is 0 Å². The van der Waals surface area contributed by atoms with E-state index in [1.165, 1.54) is 11.3 Å². The Hall–Kier alpha value is -1.52. The van der Waals surface area contributed by atoms with E-state index in [9.17, 15) is 0 Å². The standard InChI is InChI=1S/C14H19N3O.ClH/c1-3-18-14-6-4-12(5-7-14)10-15-11-13-8-9-16-17(13)2;/h4-9,15H,3,10-11H2,1-2H3;1H. The number of rotatable bonds is 6. The molecule has 0 saturated heterocycles. The summed E-state index contributed by atoms with van der Waals surface area (Å²) in [6.07, 6.45) is 1.81. The minimum Gasteiger partial charge on any atom is -0.494 e. The lowest BCUT2D eigenvalue weighted by atomic mass is 10.2. The van der Waals surface area contributed by atoms with Gasteiger partial charge in [0.2, 0.25) is 0 Å². The molecular weight excluding hydrogens is 262 g/mol. The number of nitrogens with one attached hydrogen (secondary N) is 1. The molecular formula is C14H20ClN3O. The Balaban J connectivity index is 0.00000180. The Morgan fingerprint density at radius 1 is 1.16 bits per heavy atom. The number of benzene rings is 1. The van der Waals surface area contributed by atoms with Gasteiger partial charge in [0.05, 0.1) is 12.3 Å². The first-order valence-electron chi connectivity index (χ1n) is 6.19. The minimum atomic E-state index is 0. The quantitative estimate of drug-likeness (QED) is 0.884. The van der Waals surface area contributed by atoms with Crippen LogP contribution in [0, 0.1) is 0 Å². The molecule has 2 rings (SSSR count). The molecule has 0 amide bonds. The van der Waals surface area contributed by atoms with Gasteiger partial charge in [0.15, 0.2) is 0 Å². The predicted octanol–water partition coefficient (Wildman–Crippen LogP) is 2.53. The molecule has 0 aliphatic rings. The smallest absolute Gasteiger partial charge is 0.119 e. The number of hydrogen-bond acceptors (Lipinski definition) is 3. The van der Waals surface area contributed by atoms with Gasteiger partial charge in [-0.3, -0.25) is 4.68 Å². The van der Waals surface area contributed by atoms with Gasteiger partial charge in [-0.15, -0.1) is 12.4 Å². The highest BCUT2D eigenvalue weighted by Crippen LogP contribution is 2.11. The fourth-order valence-corrected chi connectivity index (χ4v) is 1.78. The highest BCUT2D eigenvalue weighted by molar-refractivity contribution is 5.85. The summed E-state index contributed by atoms with van der Waals surface area (Å²) in [5, 5.41) is 7.53. The average Bonchev–Trinajstić information content (AvgIpc) is 2.78. The van der Waals surface area contributed by atoms with Crippen molar-refractivity contribution in [2.45, 2.75) is 20.0 Å². The van der Waals surface area contributed by atoms with E-state index in [4.69, 9.17) is 4.74 Å². The molecule has 4 nitrogen and oxygen atoms in total. The first kappa shape index (κ1) is 15.5. The van der Waals surface area contributed by atoms with Crippen molar-refractivity contribution in [3.8, 4) is 5.75 Å². The van der Waals surface area contributed by atoms with E-state index in [-0.39, 0.29) is 12.4 Å². The van der Waals surface area contributed by atoms with Crippen molar-refractivity contribution in [2.24, 2.45) is 7.05 Å². The summed E-state index contributed by atoms with van der Waals surface area (Å²) in [5.74, 6) is 0.924. The Bertz CT molecular complexity index is 482.